The monoisotopic (exact) mass is 896 g/mol. The van der Waals surface area contributed by atoms with E-state index < -0.39 is 18.2 Å². The summed E-state index contributed by atoms with van der Waals surface area (Å²) >= 11 is 1.91. The van der Waals surface area contributed by atoms with Crippen LogP contribution in [0.25, 0.3) is 55.6 Å². The van der Waals surface area contributed by atoms with Crippen LogP contribution in [0.15, 0.2) is 120 Å². The van der Waals surface area contributed by atoms with Crippen molar-refractivity contribution in [3.63, 3.8) is 0 Å². The van der Waals surface area contributed by atoms with Gasteiger partial charge in [0.2, 0.25) is 0 Å². The van der Waals surface area contributed by atoms with E-state index in [1.165, 1.54) is 0 Å². The van der Waals surface area contributed by atoms with Crippen molar-refractivity contribution in [2.75, 3.05) is 0 Å². The van der Waals surface area contributed by atoms with Crippen molar-refractivity contribution in [1.82, 2.24) is 9.97 Å². The van der Waals surface area contributed by atoms with Gasteiger partial charge in [-0.25, -0.2) is 0 Å². The van der Waals surface area contributed by atoms with E-state index in [4.69, 9.17) is 9.90 Å². The molecule has 8 rings (SSSR count). The Balaban J connectivity index is 0.000000205. The van der Waals surface area contributed by atoms with Gasteiger partial charge in [0, 0.05) is 34.4 Å². The van der Waals surface area contributed by atoms with Gasteiger partial charge in [-0.2, -0.15) is 0 Å². The summed E-state index contributed by atoms with van der Waals surface area (Å²) in [6.45, 7) is 5.75. The van der Waals surface area contributed by atoms with Gasteiger partial charge in [-0.15, -0.1) is 18.2 Å². The first-order chi connectivity index (χ1) is 25.3. The molecule has 4 aromatic carbocycles. The van der Waals surface area contributed by atoms with Crippen LogP contribution in [0, 0.1) is 23.5 Å². The van der Waals surface area contributed by atoms with E-state index in [1.54, 1.807) is 12.4 Å². The van der Waals surface area contributed by atoms with E-state index in [0.717, 1.165) is 80.0 Å². The summed E-state index contributed by atoms with van der Waals surface area (Å²) in [6.07, 6.45) is 4.79. The molecule has 0 aliphatic heterocycles. The van der Waals surface area contributed by atoms with E-state index in [0.29, 0.717) is 16.8 Å². The molecular weight excluding hydrogens is 849 g/mol. The molecule has 1 aliphatic carbocycles. The van der Waals surface area contributed by atoms with Crippen molar-refractivity contribution in [2.45, 2.75) is 59.2 Å². The Morgan fingerprint density at radius 2 is 1.62 bits per heavy atom. The fourth-order valence-corrected chi connectivity index (χ4v) is 6.79. The van der Waals surface area contributed by atoms with Gasteiger partial charge in [-0.1, -0.05) is 90.7 Å². The fraction of sp³-hybridized carbons (Fsp3) is 0.244. The Labute approximate surface area is 324 Å². The molecule has 7 aromatic rings. The Bertz CT molecular complexity index is 2370. The van der Waals surface area contributed by atoms with Crippen molar-refractivity contribution in [3.8, 4) is 33.6 Å². The van der Waals surface area contributed by atoms with Crippen molar-refractivity contribution in [3.05, 3.63) is 139 Å². The molecule has 3 heterocycles. The van der Waals surface area contributed by atoms with Crippen molar-refractivity contribution >= 4 is 42.8 Å². The third-order valence-electron chi connectivity index (χ3n) is 8.68. The number of fused-ring (bicyclic) bond motifs is 3. The quantitative estimate of drug-likeness (QED) is 0.123. The molecule has 1 fully saturated rings. The zero-order valence-electron chi connectivity index (χ0n) is 32.5. The van der Waals surface area contributed by atoms with Gasteiger partial charge in [0.15, 0.2) is 0 Å². The Morgan fingerprint density at radius 3 is 2.38 bits per heavy atom. The van der Waals surface area contributed by atoms with Crippen LogP contribution in [-0.4, -0.2) is 26.5 Å². The maximum absolute atomic E-state index is 8.78. The van der Waals surface area contributed by atoms with Gasteiger partial charge in [-0.3, -0.25) is 0 Å². The molecular formula is C45H41GeIrN2O-2. The number of aromatic nitrogens is 2. The predicted molar refractivity (Wildman–Crippen MR) is 204 cm³/mol. The largest absolute Gasteiger partial charge is 0.501 e. The van der Waals surface area contributed by atoms with Crippen LogP contribution in [0.1, 0.15) is 63.1 Å². The Morgan fingerprint density at radius 1 is 0.820 bits per heavy atom. The van der Waals surface area contributed by atoms with Crippen molar-refractivity contribution < 1.29 is 30.0 Å². The third-order valence-corrected chi connectivity index (χ3v) is 9.52. The second-order valence-electron chi connectivity index (χ2n) is 13.6. The van der Waals surface area contributed by atoms with Crippen LogP contribution in [0.4, 0.5) is 0 Å². The summed E-state index contributed by atoms with van der Waals surface area (Å²) in [4.78, 5) is 8.98. The van der Waals surface area contributed by atoms with Gasteiger partial charge < -0.3 is 9.40 Å². The minimum absolute atomic E-state index is 0. The summed E-state index contributed by atoms with van der Waals surface area (Å²) in [7, 11) is 0. The number of benzene rings is 4. The summed E-state index contributed by atoms with van der Waals surface area (Å²) in [5.74, 6) is 0.0649. The first kappa shape index (κ1) is 31.0. The van der Waals surface area contributed by atoms with Crippen LogP contribution in [-0.2, 0) is 32.9 Å². The summed E-state index contributed by atoms with van der Waals surface area (Å²) in [6, 6.07) is 40.1. The first-order valence-electron chi connectivity index (χ1n) is 18.9. The number of furan rings is 1. The third kappa shape index (κ3) is 8.54. The van der Waals surface area contributed by atoms with E-state index >= 15 is 0 Å². The van der Waals surface area contributed by atoms with Crippen LogP contribution < -0.4 is 4.40 Å². The molecule has 50 heavy (non-hydrogen) atoms. The molecule has 0 unspecified atom stereocenters. The van der Waals surface area contributed by atoms with Crippen LogP contribution >= 0.6 is 0 Å². The van der Waals surface area contributed by atoms with Gasteiger partial charge in [-0.05, 0) is 41.2 Å². The van der Waals surface area contributed by atoms with E-state index in [1.807, 2.05) is 110 Å². The van der Waals surface area contributed by atoms with Gasteiger partial charge >= 0.3 is 121 Å². The zero-order chi connectivity index (χ0) is 37.4. The molecule has 5 heteroatoms. The standard InChI is InChI=1S/C29H24NO.C16H17GeN.Ir/c1-2-9-22(10-3-1)23-13-14-24-25-11-6-12-26(29(25)31-28(24)19-23)27-18-21(15-16-30-27)17-20-7-4-5-8-20;1-16(2,3)10-13-9-15(18-11-14(13)17)12-7-5-4-6-8-12;/h1-3,6,9-11,13-16,18-20H,4-5,7-8,17H2;4-7,9,11H,10H2,1-3H3;/q2*-1;/i17D2;10D2;. The van der Waals surface area contributed by atoms with Gasteiger partial charge in [0.1, 0.15) is 5.58 Å². The second-order valence-corrected chi connectivity index (χ2v) is 14.7. The maximum Gasteiger partial charge on any atom is 0.121 e. The summed E-state index contributed by atoms with van der Waals surface area (Å²) in [5, 5.41) is 2.07. The van der Waals surface area contributed by atoms with Crippen molar-refractivity contribution in [1.29, 1.82) is 0 Å². The fourth-order valence-electron chi connectivity index (χ4n) is 6.37. The topological polar surface area (TPSA) is 38.9 Å². The second kappa shape index (κ2) is 16.0. The molecule has 0 spiro atoms. The van der Waals surface area contributed by atoms with E-state index in [-0.39, 0.29) is 26.0 Å². The number of pyridine rings is 2. The normalized spacial score (nSPS) is 15.0. The molecule has 252 valence electrons. The molecule has 0 atom stereocenters. The molecule has 1 saturated carbocycles. The molecule has 0 N–H and O–H groups in total. The molecule has 3 aromatic heterocycles. The minimum atomic E-state index is -1.41. The number of hydrogen-bond donors (Lipinski definition) is 0. The number of nitrogens with zero attached hydrogens (tertiary/aromatic N) is 2. The van der Waals surface area contributed by atoms with E-state index in [2.05, 4.69) is 52.4 Å². The van der Waals surface area contributed by atoms with Crippen LogP contribution in [0.2, 0.25) is 0 Å². The number of rotatable bonds is 6. The minimum Gasteiger partial charge on any atom is -0.501 e. The maximum atomic E-state index is 8.78. The van der Waals surface area contributed by atoms with Gasteiger partial charge in [0.25, 0.3) is 0 Å². The Hall–Kier alpha value is -3.83. The van der Waals surface area contributed by atoms with Crippen LogP contribution in [0.3, 0.4) is 0 Å². The smallest absolute Gasteiger partial charge is 0.121 e. The average Bonchev–Trinajstić information content (AvgIpc) is 3.85. The number of hydrogen-bond acceptors (Lipinski definition) is 3. The summed E-state index contributed by atoms with van der Waals surface area (Å²) in [5.41, 5.74) is 7.85. The first-order valence-corrected chi connectivity index (χ1v) is 18.0. The van der Waals surface area contributed by atoms with Gasteiger partial charge in [0.05, 0.1) is 5.58 Å². The summed E-state index contributed by atoms with van der Waals surface area (Å²) < 4.78 is 41.7. The molecule has 1 aliphatic rings. The molecule has 0 bridgehead atoms. The van der Waals surface area contributed by atoms with Crippen LogP contribution in [0.5, 0.6) is 0 Å². The Kier molecular flexibility index (Phi) is 9.92. The molecule has 0 saturated heterocycles. The predicted octanol–water partition coefficient (Wildman–Crippen LogP) is 10.8. The molecule has 0 amide bonds. The average molecular weight is 895 g/mol. The van der Waals surface area contributed by atoms with Crippen molar-refractivity contribution in [2.24, 2.45) is 11.3 Å². The SMILES string of the molecule is [2H]C([2H])(c1cc(-c2[c-]cccc2)nc[c]1[Ge])C(C)(C)C.[2H]C([2H])(c1ccnc(-c2[c-]ccc3c2oc2cc(-c4ccccc4)ccc23)c1)C1CCCC1.[Ir]. The molecule has 3 nitrogen and oxygen atoms in total. The van der Waals surface area contributed by atoms with E-state index in [9.17, 15) is 0 Å². The molecule has 4 radical (unpaired) electrons. The zero-order valence-corrected chi connectivity index (χ0v) is 33.0.